The van der Waals surface area contributed by atoms with Gasteiger partial charge in [-0.15, -0.1) is 0 Å². The second kappa shape index (κ2) is 10.4. The molecule has 1 saturated heterocycles. The molecular formula is C24H38N4O2. The van der Waals surface area contributed by atoms with E-state index in [0.717, 1.165) is 48.7 Å². The van der Waals surface area contributed by atoms with Crippen molar-refractivity contribution in [2.45, 2.75) is 97.4 Å². The van der Waals surface area contributed by atoms with Crippen molar-refractivity contribution in [2.75, 3.05) is 13.1 Å². The van der Waals surface area contributed by atoms with Crippen molar-refractivity contribution in [1.29, 1.82) is 0 Å². The van der Waals surface area contributed by atoms with Crippen molar-refractivity contribution in [2.24, 2.45) is 5.92 Å². The van der Waals surface area contributed by atoms with E-state index >= 15 is 0 Å². The average Bonchev–Trinajstić information content (AvgIpc) is 2.71. The van der Waals surface area contributed by atoms with Crippen LogP contribution in [0, 0.1) is 19.8 Å². The van der Waals surface area contributed by atoms with E-state index in [9.17, 15) is 9.59 Å². The molecule has 2 fully saturated rings. The number of carbonyl (C=O) groups is 2. The van der Waals surface area contributed by atoms with Gasteiger partial charge >= 0.3 is 0 Å². The Hall–Kier alpha value is -1.98. The van der Waals surface area contributed by atoms with Gasteiger partial charge < -0.3 is 10.2 Å². The fourth-order valence-electron chi connectivity index (χ4n) is 4.92. The standard InChI is InChI=1S/C24H38N4O2/c1-16(2)25-22(29)14-21-17(3)26-24(27-18(21)4)20-11-8-12-28(15-20)23(30)13-19-9-6-5-7-10-19/h16,19-20H,5-15H2,1-4H3,(H,25,29)/t20-/m0/s1. The Morgan fingerprint density at radius 2 is 1.70 bits per heavy atom. The summed E-state index contributed by atoms with van der Waals surface area (Å²) in [7, 11) is 0. The first-order valence-electron chi connectivity index (χ1n) is 11.7. The SMILES string of the molecule is Cc1nc([C@H]2CCCN(C(=O)CC3CCCCC3)C2)nc(C)c1CC(=O)NC(C)C. The van der Waals surface area contributed by atoms with E-state index < -0.39 is 0 Å². The van der Waals surface area contributed by atoms with E-state index in [4.69, 9.17) is 9.97 Å². The maximum Gasteiger partial charge on any atom is 0.224 e. The Balaban J connectivity index is 1.64. The Morgan fingerprint density at radius 1 is 1.03 bits per heavy atom. The highest BCUT2D eigenvalue weighted by Crippen LogP contribution is 2.30. The van der Waals surface area contributed by atoms with Crippen LogP contribution in [0.4, 0.5) is 0 Å². The van der Waals surface area contributed by atoms with Crippen LogP contribution in [-0.2, 0) is 16.0 Å². The molecule has 0 radical (unpaired) electrons. The number of carbonyl (C=O) groups excluding carboxylic acids is 2. The lowest BCUT2D eigenvalue weighted by atomic mass is 9.86. The highest BCUT2D eigenvalue weighted by Gasteiger charge is 2.29. The third-order valence-corrected chi connectivity index (χ3v) is 6.55. The summed E-state index contributed by atoms with van der Waals surface area (Å²) in [6, 6.07) is 0.123. The van der Waals surface area contributed by atoms with Gasteiger partial charge in [0.2, 0.25) is 11.8 Å². The Morgan fingerprint density at radius 3 is 2.33 bits per heavy atom. The van der Waals surface area contributed by atoms with E-state index in [1.807, 2.05) is 32.6 Å². The summed E-state index contributed by atoms with van der Waals surface area (Å²) in [6.07, 6.45) is 9.31. The molecule has 6 heteroatoms. The predicted molar refractivity (Wildman–Crippen MR) is 118 cm³/mol. The molecule has 0 bridgehead atoms. The molecule has 166 valence electrons. The number of likely N-dealkylation sites (tertiary alicyclic amines) is 1. The Bertz CT molecular complexity index is 733. The van der Waals surface area contributed by atoms with Gasteiger partial charge in [-0.05, 0) is 59.3 Å². The molecule has 2 aliphatic rings. The molecule has 1 aliphatic heterocycles. The summed E-state index contributed by atoms with van der Waals surface area (Å²) in [5, 5.41) is 2.94. The molecule has 1 aliphatic carbocycles. The number of hydrogen-bond acceptors (Lipinski definition) is 4. The van der Waals surface area contributed by atoms with E-state index in [1.165, 1.54) is 32.1 Å². The summed E-state index contributed by atoms with van der Waals surface area (Å²) in [5.41, 5.74) is 2.67. The molecular weight excluding hydrogens is 376 g/mol. The maximum atomic E-state index is 12.9. The number of aromatic nitrogens is 2. The fraction of sp³-hybridized carbons (Fsp3) is 0.750. The molecule has 0 unspecified atom stereocenters. The molecule has 1 N–H and O–H groups in total. The first kappa shape index (κ1) is 22.7. The van der Waals surface area contributed by atoms with Crippen molar-refractivity contribution in [3.8, 4) is 0 Å². The highest BCUT2D eigenvalue weighted by molar-refractivity contribution is 5.79. The number of piperidine rings is 1. The lowest BCUT2D eigenvalue weighted by Gasteiger charge is -2.34. The first-order valence-corrected chi connectivity index (χ1v) is 11.7. The van der Waals surface area contributed by atoms with Crippen LogP contribution in [0.3, 0.4) is 0 Å². The minimum Gasteiger partial charge on any atom is -0.354 e. The zero-order valence-corrected chi connectivity index (χ0v) is 19.2. The summed E-state index contributed by atoms with van der Waals surface area (Å²) in [4.78, 5) is 36.6. The van der Waals surface area contributed by atoms with Gasteiger partial charge in [-0.25, -0.2) is 9.97 Å². The van der Waals surface area contributed by atoms with Crippen LogP contribution < -0.4 is 5.32 Å². The number of nitrogens with one attached hydrogen (secondary N) is 1. The summed E-state index contributed by atoms with van der Waals surface area (Å²) in [6.45, 7) is 9.42. The summed E-state index contributed by atoms with van der Waals surface area (Å²) >= 11 is 0. The van der Waals surface area contributed by atoms with Gasteiger partial charge in [0, 0.05) is 48.4 Å². The number of amides is 2. The second-order valence-electron chi connectivity index (χ2n) is 9.52. The van der Waals surface area contributed by atoms with Crippen molar-refractivity contribution >= 4 is 11.8 Å². The second-order valence-corrected chi connectivity index (χ2v) is 9.52. The smallest absolute Gasteiger partial charge is 0.224 e. The van der Waals surface area contributed by atoms with Crippen LogP contribution in [-0.4, -0.2) is 45.8 Å². The Labute approximate surface area is 181 Å². The van der Waals surface area contributed by atoms with Gasteiger partial charge in [-0.1, -0.05) is 19.3 Å². The van der Waals surface area contributed by atoms with Gasteiger partial charge in [0.05, 0.1) is 6.42 Å². The molecule has 0 aromatic carbocycles. The van der Waals surface area contributed by atoms with E-state index in [1.54, 1.807) is 0 Å². The van der Waals surface area contributed by atoms with E-state index in [2.05, 4.69) is 5.32 Å². The van der Waals surface area contributed by atoms with Crippen LogP contribution in [0.25, 0.3) is 0 Å². The molecule has 1 aromatic heterocycles. The van der Waals surface area contributed by atoms with Crippen LogP contribution in [0.15, 0.2) is 0 Å². The fourth-order valence-corrected chi connectivity index (χ4v) is 4.92. The molecule has 2 heterocycles. The van der Waals surface area contributed by atoms with Gasteiger partial charge in [-0.3, -0.25) is 9.59 Å². The molecule has 1 atom stereocenters. The van der Waals surface area contributed by atoms with Gasteiger partial charge in [0.25, 0.3) is 0 Å². The van der Waals surface area contributed by atoms with Crippen molar-refractivity contribution < 1.29 is 9.59 Å². The number of hydrogen-bond donors (Lipinski definition) is 1. The van der Waals surface area contributed by atoms with Gasteiger partial charge in [0.15, 0.2) is 0 Å². The molecule has 1 saturated carbocycles. The third-order valence-electron chi connectivity index (χ3n) is 6.55. The van der Waals surface area contributed by atoms with Crippen molar-refractivity contribution in [1.82, 2.24) is 20.2 Å². The van der Waals surface area contributed by atoms with E-state index in [0.29, 0.717) is 24.7 Å². The zero-order chi connectivity index (χ0) is 21.7. The van der Waals surface area contributed by atoms with E-state index in [-0.39, 0.29) is 17.9 Å². The molecule has 0 spiro atoms. The minimum atomic E-state index is 0.00435. The molecule has 30 heavy (non-hydrogen) atoms. The predicted octanol–water partition coefficient (Wildman–Crippen LogP) is 3.84. The highest BCUT2D eigenvalue weighted by atomic mass is 16.2. The van der Waals surface area contributed by atoms with Crippen molar-refractivity contribution in [3.05, 3.63) is 22.8 Å². The lowest BCUT2D eigenvalue weighted by Crippen LogP contribution is -2.40. The molecule has 2 amide bonds. The normalized spacial score (nSPS) is 20.4. The average molecular weight is 415 g/mol. The third kappa shape index (κ3) is 6.02. The molecule has 1 aromatic rings. The quantitative estimate of drug-likeness (QED) is 0.767. The lowest BCUT2D eigenvalue weighted by molar-refractivity contribution is -0.133. The van der Waals surface area contributed by atoms with Crippen LogP contribution in [0.1, 0.15) is 93.9 Å². The number of aryl methyl sites for hydroxylation is 2. The van der Waals surface area contributed by atoms with Crippen LogP contribution in [0.5, 0.6) is 0 Å². The molecule has 3 rings (SSSR count). The minimum absolute atomic E-state index is 0.00435. The molecule has 6 nitrogen and oxygen atoms in total. The maximum absolute atomic E-state index is 12.9. The topological polar surface area (TPSA) is 75.2 Å². The zero-order valence-electron chi connectivity index (χ0n) is 19.2. The number of rotatable bonds is 6. The first-order chi connectivity index (χ1) is 14.3. The van der Waals surface area contributed by atoms with Crippen molar-refractivity contribution in [3.63, 3.8) is 0 Å². The largest absolute Gasteiger partial charge is 0.354 e. The summed E-state index contributed by atoms with van der Waals surface area (Å²) < 4.78 is 0. The van der Waals surface area contributed by atoms with Crippen LogP contribution in [0.2, 0.25) is 0 Å². The monoisotopic (exact) mass is 414 g/mol. The Kier molecular flexibility index (Phi) is 7.84. The summed E-state index contributed by atoms with van der Waals surface area (Å²) in [5.74, 6) is 1.90. The van der Waals surface area contributed by atoms with Gasteiger partial charge in [0.1, 0.15) is 5.82 Å². The van der Waals surface area contributed by atoms with Gasteiger partial charge in [-0.2, -0.15) is 0 Å². The number of nitrogens with zero attached hydrogens (tertiary/aromatic N) is 3. The van der Waals surface area contributed by atoms with Crippen LogP contribution >= 0.6 is 0 Å².